The fraction of sp³-hybridized carbons (Fsp3) is 0.0294. The summed E-state index contributed by atoms with van der Waals surface area (Å²) in [5.74, 6) is 0. The smallest absolute Gasteiger partial charge is 0.0725 e. The molecule has 11 aromatic carbocycles. The van der Waals surface area contributed by atoms with Crippen LogP contribution in [-0.2, 0) is 10.8 Å². The highest BCUT2D eigenvalue weighted by molar-refractivity contribution is 5.97. The summed E-state index contributed by atoms with van der Waals surface area (Å²) in [7, 11) is 0. The van der Waals surface area contributed by atoms with Gasteiger partial charge in [-0.2, -0.15) is 0 Å². The van der Waals surface area contributed by atoms with Crippen molar-refractivity contribution in [1.29, 1.82) is 0 Å². The molecule has 0 unspecified atom stereocenters. The van der Waals surface area contributed by atoms with Crippen LogP contribution in [0.5, 0.6) is 0 Å². The van der Waals surface area contributed by atoms with Crippen molar-refractivity contribution in [2.75, 3.05) is 4.90 Å². The van der Waals surface area contributed by atoms with Gasteiger partial charge in [-0.1, -0.05) is 224 Å². The summed E-state index contributed by atoms with van der Waals surface area (Å²) in [6, 6.07) is 102. The van der Waals surface area contributed by atoms with Crippen LogP contribution in [0.4, 0.5) is 17.1 Å². The molecule has 3 aliphatic rings. The lowest BCUT2D eigenvalue weighted by Crippen LogP contribution is -2.28. The Balaban J connectivity index is 0.994. The van der Waals surface area contributed by atoms with Gasteiger partial charge in [-0.15, -0.1) is 0 Å². The normalized spacial score (nSPS) is 13.7. The van der Waals surface area contributed by atoms with Gasteiger partial charge in [0, 0.05) is 17.1 Å². The molecule has 3 aliphatic carbocycles. The van der Waals surface area contributed by atoms with Crippen molar-refractivity contribution in [1.82, 2.24) is 0 Å². The predicted molar refractivity (Wildman–Crippen MR) is 286 cm³/mol. The van der Waals surface area contributed by atoms with E-state index in [2.05, 4.69) is 278 Å². The third-order valence-corrected chi connectivity index (χ3v) is 15.3. The summed E-state index contributed by atoms with van der Waals surface area (Å²) < 4.78 is 0. The van der Waals surface area contributed by atoms with E-state index in [-0.39, 0.29) is 5.41 Å². The molecule has 11 aromatic rings. The largest absolute Gasteiger partial charge is 0.310 e. The van der Waals surface area contributed by atoms with Gasteiger partial charge in [-0.3, -0.25) is 0 Å². The summed E-state index contributed by atoms with van der Waals surface area (Å²) >= 11 is 0. The van der Waals surface area contributed by atoms with Gasteiger partial charge in [-0.25, -0.2) is 0 Å². The zero-order valence-electron chi connectivity index (χ0n) is 37.9. The lowest BCUT2D eigenvalue weighted by molar-refractivity contribution is 0.768. The third-order valence-electron chi connectivity index (χ3n) is 15.3. The fourth-order valence-electron chi connectivity index (χ4n) is 12.6. The van der Waals surface area contributed by atoms with Crippen LogP contribution in [0.3, 0.4) is 0 Å². The number of benzene rings is 11. The van der Waals surface area contributed by atoms with Crippen molar-refractivity contribution in [3.8, 4) is 55.6 Å². The van der Waals surface area contributed by atoms with E-state index in [1.54, 1.807) is 0 Å². The van der Waals surface area contributed by atoms with Gasteiger partial charge in [-0.05, 0) is 149 Å². The molecule has 0 saturated heterocycles. The number of rotatable bonds is 7. The van der Waals surface area contributed by atoms with Crippen molar-refractivity contribution in [3.05, 3.63) is 317 Å². The summed E-state index contributed by atoms with van der Waals surface area (Å²) in [4.78, 5) is 2.46. The molecule has 69 heavy (non-hydrogen) atoms. The van der Waals surface area contributed by atoms with Gasteiger partial charge in [0.25, 0.3) is 0 Å². The van der Waals surface area contributed by atoms with Crippen molar-refractivity contribution in [2.45, 2.75) is 10.8 Å². The van der Waals surface area contributed by atoms with Gasteiger partial charge in [0.05, 0.1) is 10.8 Å². The Hall–Kier alpha value is -8.78. The summed E-state index contributed by atoms with van der Waals surface area (Å²) in [6.45, 7) is 0. The van der Waals surface area contributed by atoms with Crippen LogP contribution in [0.15, 0.2) is 273 Å². The highest BCUT2D eigenvalue weighted by Gasteiger charge is 2.51. The fourth-order valence-corrected chi connectivity index (χ4v) is 12.6. The standard InChI is InChI=1S/C68H45N/c1-5-21-46(22-6-1)48-41-49(47-37-40-65-60(44-47)58-32-16-20-36-64(58)68(65)62-34-18-14-29-55(62)56-30-15-19-35-63(56)68)43-54(42-48)69(52-27-11-4-12-28-52)53-38-39-59-57-31-13-17-33-61(57)67(66(59)45-53,50-23-7-2-8-24-50)51-25-9-3-10-26-51/h1-45H. The van der Waals surface area contributed by atoms with E-state index in [0.717, 1.165) is 28.2 Å². The Morgan fingerprint density at radius 1 is 0.203 bits per heavy atom. The third kappa shape index (κ3) is 5.65. The molecular weight excluding hydrogens is 831 g/mol. The highest BCUT2D eigenvalue weighted by atomic mass is 15.1. The molecule has 0 heterocycles. The first kappa shape index (κ1) is 39.4. The maximum atomic E-state index is 2.47. The first-order valence-corrected chi connectivity index (χ1v) is 24.1. The number of nitrogens with zero attached hydrogens (tertiary/aromatic N) is 1. The Labute approximate surface area is 403 Å². The van der Waals surface area contributed by atoms with Crippen LogP contribution < -0.4 is 4.90 Å². The summed E-state index contributed by atoms with van der Waals surface area (Å²) in [5, 5.41) is 0. The molecule has 0 amide bonds. The number of hydrogen-bond donors (Lipinski definition) is 0. The van der Waals surface area contributed by atoms with Crippen LogP contribution in [-0.4, -0.2) is 0 Å². The molecule has 0 fully saturated rings. The lowest BCUT2D eigenvalue weighted by atomic mass is 9.67. The van der Waals surface area contributed by atoms with Crippen LogP contribution in [0.25, 0.3) is 55.6 Å². The number of anilines is 3. The van der Waals surface area contributed by atoms with E-state index in [1.165, 1.54) is 89.0 Å². The molecule has 14 rings (SSSR count). The Morgan fingerprint density at radius 3 is 1.17 bits per heavy atom. The maximum Gasteiger partial charge on any atom is 0.0725 e. The zero-order chi connectivity index (χ0) is 45.5. The van der Waals surface area contributed by atoms with Crippen molar-refractivity contribution >= 4 is 17.1 Å². The average Bonchev–Trinajstić information content (AvgIpc) is 4.02. The molecule has 0 radical (unpaired) electrons. The van der Waals surface area contributed by atoms with Crippen LogP contribution >= 0.6 is 0 Å². The second-order valence-corrected chi connectivity index (χ2v) is 18.7. The number of para-hydroxylation sites is 1. The minimum Gasteiger partial charge on any atom is -0.310 e. The van der Waals surface area contributed by atoms with Crippen LogP contribution in [0.1, 0.15) is 44.5 Å². The zero-order valence-corrected chi connectivity index (χ0v) is 37.9. The summed E-state index contributed by atoms with van der Waals surface area (Å²) in [5.41, 5.74) is 25.3. The number of hydrogen-bond acceptors (Lipinski definition) is 1. The van der Waals surface area contributed by atoms with Crippen molar-refractivity contribution in [2.24, 2.45) is 0 Å². The molecule has 322 valence electrons. The molecule has 1 spiro atoms. The Bertz CT molecular complexity index is 3690. The molecule has 0 aromatic heterocycles. The molecule has 0 N–H and O–H groups in total. The molecule has 0 bridgehead atoms. The van der Waals surface area contributed by atoms with Gasteiger partial charge in [0.2, 0.25) is 0 Å². The van der Waals surface area contributed by atoms with Gasteiger partial charge in [0.1, 0.15) is 0 Å². The topological polar surface area (TPSA) is 3.24 Å². The molecule has 1 nitrogen and oxygen atoms in total. The molecule has 0 saturated carbocycles. The molecule has 0 atom stereocenters. The van der Waals surface area contributed by atoms with E-state index < -0.39 is 5.41 Å². The Kier molecular flexibility index (Phi) is 8.78. The minimum absolute atomic E-state index is 0.388. The van der Waals surface area contributed by atoms with E-state index in [0.29, 0.717) is 0 Å². The lowest BCUT2D eigenvalue weighted by Gasteiger charge is -2.35. The second kappa shape index (κ2) is 15.4. The minimum atomic E-state index is -0.526. The van der Waals surface area contributed by atoms with Gasteiger partial charge in [0.15, 0.2) is 0 Å². The Morgan fingerprint density at radius 2 is 0.623 bits per heavy atom. The van der Waals surface area contributed by atoms with E-state index >= 15 is 0 Å². The first-order chi connectivity index (χ1) is 34.2. The van der Waals surface area contributed by atoms with Gasteiger partial charge >= 0.3 is 0 Å². The van der Waals surface area contributed by atoms with Crippen LogP contribution in [0, 0.1) is 0 Å². The molecule has 0 aliphatic heterocycles. The van der Waals surface area contributed by atoms with E-state index in [1.807, 2.05) is 0 Å². The average molecular weight is 876 g/mol. The predicted octanol–water partition coefficient (Wildman–Crippen LogP) is 17.2. The van der Waals surface area contributed by atoms with E-state index in [4.69, 9.17) is 0 Å². The maximum absolute atomic E-state index is 2.47. The van der Waals surface area contributed by atoms with Crippen molar-refractivity contribution < 1.29 is 0 Å². The quantitative estimate of drug-likeness (QED) is 0.154. The number of fused-ring (bicyclic) bond motifs is 13. The van der Waals surface area contributed by atoms with Crippen LogP contribution in [0.2, 0.25) is 0 Å². The molecular formula is C68H45N. The van der Waals surface area contributed by atoms with Gasteiger partial charge < -0.3 is 4.90 Å². The first-order valence-electron chi connectivity index (χ1n) is 24.1. The molecule has 1 heteroatoms. The second-order valence-electron chi connectivity index (χ2n) is 18.7. The van der Waals surface area contributed by atoms with Crippen molar-refractivity contribution in [3.63, 3.8) is 0 Å². The summed E-state index contributed by atoms with van der Waals surface area (Å²) in [6.07, 6.45) is 0. The highest BCUT2D eigenvalue weighted by Crippen LogP contribution is 2.63. The SMILES string of the molecule is c1ccc(-c2cc(-c3ccc4c(c3)-c3ccccc3C43c4ccccc4-c4ccccc43)cc(N(c3ccccc3)c3ccc4c(c3)C(c3ccccc3)(c3ccccc3)c3ccccc3-4)c2)cc1. The van der Waals surface area contributed by atoms with E-state index in [9.17, 15) is 0 Å². The monoisotopic (exact) mass is 875 g/mol.